The Morgan fingerprint density at radius 1 is 1.43 bits per heavy atom. The third-order valence-electron chi connectivity index (χ3n) is 2.85. The third kappa shape index (κ3) is 2.17. The minimum absolute atomic E-state index is 0.191. The Morgan fingerprint density at radius 2 is 2.24 bits per heavy atom. The zero-order chi connectivity index (χ0) is 15.0. The van der Waals surface area contributed by atoms with Gasteiger partial charge in [-0.05, 0) is 6.07 Å². The van der Waals surface area contributed by atoms with Gasteiger partial charge in [-0.3, -0.25) is 15.3 Å². The standard InChI is InChI=1S/C11H13N9O/c1-19(2)10(21)7-3-4-20(18-7)9-6-5-13-17-8(6)14-11(15-9)16-12/h3-5H,12H2,1-2H3,(H2,13,14,15,16,17). The summed E-state index contributed by atoms with van der Waals surface area (Å²) in [5.41, 5.74) is 3.22. The number of aromatic amines is 1. The van der Waals surface area contributed by atoms with Crippen LogP contribution in [0.15, 0.2) is 18.5 Å². The lowest BCUT2D eigenvalue weighted by molar-refractivity contribution is 0.0821. The SMILES string of the molecule is CN(C)C(=O)c1ccn(-c2nc(NN)nc3[nH]ncc23)n1. The summed E-state index contributed by atoms with van der Waals surface area (Å²) in [6.07, 6.45) is 3.23. The Bertz CT molecular complexity index is 803. The van der Waals surface area contributed by atoms with Gasteiger partial charge in [0, 0.05) is 20.3 Å². The molecule has 0 saturated heterocycles. The summed E-state index contributed by atoms with van der Waals surface area (Å²) in [5, 5.41) is 11.6. The number of nitrogens with two attached hydrogens (primary N) is 1. The number of anilines is 1. The largest absolute Gasteiger partial charge is 0.343 e. The van der Waals surface area contributed by atoms with Crippen molar-refractivity contribution in [1.29, 1.82) is 0 Å². The Hall–Kier alpha value is -3.01. The summed E-state index contributed by atoms with van der Waals surface area (Å²) < 4.78 is 1.48. The summed E-state index contributed by atoms with van der Waals surface area (Å²) in [6.45, 7) is 0. The Balaban J connectivity index is 2.12. The molecular weight excluding hydrogens is 274 g/mol. The molecular formula is C11H13N9O. The molecule has 4 N–H and O–H groups in total. The first-order chi connectivity index (χ1) is 10.1. The van der Waals surface area contributed by atoms with Gasteiger partial charge in [0.05, 0.1) is 11.6 Å². The summed E-state index contributed by atoms with van der Waals surface area (Å²) in [6, 6.07) is 1.62. The molecule has 108 valence electrons. The minimum Gasteiger partial charge on any atom is -0.343 e. The molecule has 3 aromatic heterocycles. The maximum atomic E-state index is 11.9. The van der Waals surface area contributed by atoms with Crippen molar-refractivity contribution in [2.75, 3.05) is 19.5 Å². The number of nitrogens with zero attached hydrogens (tertiary/aromatic N) is 6. The highest BCUT2D eigenvalue weighted by Gasteiger charge is 2.15. The van der Waals surface area contributed by atoms with E-state index in [0.717, 1.165) is 0 Å². The van der Waals surface area contributed by atoms with Crippen LogP contribution in [-0.2, 0) is 0 Å². The molecule has 0 aliphatic rings. The number of nitrogens with one attached hydrogen (secondary N) is 2. The summed E-state index contributed by atoms with van der Waals surface area (Å²) in [5.74, 6) is 5.85. The van der Waals surface area contributed by atoms with E-state index in [1.807, 2.05) is 0 Å². The van der Waals surface area contributed by atoms with Crippen LogP contribution in [0.25, 0.3) is 16.9 Å². The second-order valence-corrected chi connectivity index (χ2v) is 4.49. The van der Waals surface area contributed by atoms with E-state index in [1.54, 1.807) is 32.6 Å². The molecule has 3 aromatic rings. The van der Waals surface area contributed by atoms with Gasteiger partial charge in [-0.2, -0.15) is 20.2 Å². The fourth-order valence-corrected chi connectivity index (χ4v) is 1.84. The average Bonchev–Trinajstić information content (AvgIpc) is 3.13. The number of aromatic nitrogens is 6. The zero-order valence-corrected chi connectivity index (χ0v) is 11.4. The Labute approximate surface area is 118 Å². The summed E-state index contributed by atoms with van der Waals surface area (Å²) in [4.78, 5) is 21.7. The molecule has 0 atom stereocenters. The Kier molecular flexibility index (Phi) is 2.99. The number of carbonyl (C=O) groups excluding carboxylic acids is 1. The molecule has 10 nitrogen and oxygen atoms in total. The van der Waals surface area contributed by atoms with E-state index in [0.29, 0.717) is 22.5 Å². The molecule has 0 radical (unpaired) electrons. The first-order valence-electron chi connectivity index (χ1n) is 6.05. The number of hydrazine groups is 1. The monoisotopic (exact) mass is 287 g/mol. The maximum Gasteiger partial charge on any atom is 0.273 e. The molecule has 0 spiro atoms. The van der Waals surface area contributed by atoms with Gasteiger partial charge < -0.3 is 4.90 Å². The lowest BCUT2D eigenvalue weighted by Crippen LogP contribution is -2.22. The number of H-pyrrole nitrogens is 1. The predicted octanol–water partition coefficient (Wildman–Crippen LogP) is -0.474. The van der Waals surface area contributed by atoms with Gasteiger partial charge in [-0.15, -0.1) is 0 Å². The quantitative estimate of drug-likeness (QED) is 0.438. The molecule has 10 heteroatoms. The highest BCUT2D eigenvalue weighted by atomic mass is 16.2. The third-order valence-corrected chi connectivity index (χ3v) is 2.85. The van der Waals surface area contributed by atoms with E-state index in [-0.39, 0.29) is 11.9 Å². The van der Waals surface area contributed by atoms with Crippen molar-refractivity contribution in [3.8, 4) is 5.82 Å². The van der Waals surface area contributed by atoms with Gasteiger partial charge in [0.25, 0.3) is 5.91 Å². The first kappa shape index (κ1) is 13.0. The summed E-state index contributed by atoms with van der Waals surface area (Å²) in [7, 11) is 3.33. The number of hydrogen-bond acceptors (Lipinski definition) is 7. The highest BCUT2D eigenvalue weighted by Crippen LogP contribution is 2.18. The van der Waals surface area contributed by atoms with Crippen LogP contribution in [0.1, 0.15) is 10.5 Å². The van der Waals surface area contributed by atoms with Crippen molar-refractivity contribution in [2.45, 2.75) is 0 Å². The molecule has 21 heavy (non-hydrogen) atoms. The minimum atomic E-state index is -0.191. The number of fused-ring (bicyclic) bond motifs is 1. The van der Waals surface area contributed by atoms with Gasteiger partial charge in [-0.25, -0.2) is 10.5 Å². The fraction of sp³-hybridized carbons (Fsp3) is 0.182. The number of amides is 1. The molecule has 0 aromatic carbocycles. The normalized spacial score (nSPS) is 10.8. The topological polar surface area (TPSA) is 131 Å². The molecule has 0 unspecified atom stereocenters. The van der Waals surface area contributed by atoms with Gasteiger partial charge in [-0.1, -0.05) is 0 Å². The zero-order valence-electron chi connectivity index (χ0n) is 11.4. The molecule has 3 heterocycles. The van der Waals surface area contributed by atoms with Crippen molar-refractivity contribution >= 4 is 22.9 Å². The van der Waals surface area contributed by atoms with Crippen LogP contribution in [0.5, 0.6) is 0 Å². The molecule has 0 fully saturated rings. The molecule has 1 amide bonds. The second kappa shape index (κ2) is 4.83. The van der Waals surface area contributed by atoms with Crippen LogP contribution in [0.4, 0.5) is 5.95 Å². The van der Waals surface area contributed by atoms with E-state index in [1.165, 1.54) is 9.58 Å². The van der Waals surface area contributed by atoms with Gasteiger partial charge >= 0.3 is 0 Å². The van der Waals surface area contributed by atoms with Crippen molar-refractivity contribution in [3.63, 3.8) is 0 Å². The number of carbonyl (C=O) groups is 1. The summed E-state index contributed by atoms with van der Waals surface area (Å²) >= 11 is 0. The number of rotatable bonds is 3. The highest BCUT2D eigenvalue weighted by molar-refractivity contribution is 5.92. The average molecular weight is 287 g/mol. The molecule has 0 bridgehead atoms. The maximum absolute atomic E-state index is 11.9. The van der Waals surface area contributed by atoms with Gasteiger partial charge in [0.15, 0.2) is 17.2 Å². The van der Waals surface area contributed by atoms with Crippen LogP contribution in [0.2, 0.25) is 0 Å². The van der Waals surface area contributed by atoms with E-state index in [4.69, 9.17) is 5.84 Å². The molecule has 0 aliphatic heterocycles. The van der Waals surface area contributed by atoms with E-state index >= 15 is 0 Å². The van der Waals surface area contributed by atoms with Crippen molar-refractivity contribution in [3.05, 3.63) is 24.2 Å². The van der Waals surface area contributed by atoms with Crippen LogP contribution in [0, 0.1) is 0 Å². The number of hydrogen-bond donors (Lipinski definition) is 3. The van der Waals surface area contributed by atoms with Crippen LogP contribution in [0.3, 0.4) is 0 Å². The second-order valence-electron chi connectivity index (χ2n) is 4.49. The lowest BCUT2D eigenvalue weighted by Gasteiger charge is -2.07. The van der Waals surface area contributed by atoms with Crippen LogP contribution >= 0.6 is 0 Å². The lowest BCUT2D eigenvalue weighted by atomic mass is 10.4. The van der Waals surface area contributed by atoms with Gasteiger partial charge in [0.2, 0.25) is 5.95 Å². The first-order valence-corrected chi connectivity index (χ1v) is 6.05. The van der Waals surface area contributed by atoms with E-state index in [2.05, 4.69) is 30.7 Å². The Morgan fingerprint density at radius 3 is 2.95 bits per heavy atom. The smallest absolute Gasteiger partial charge is 0.273 e. The van der Waals surface area contributed by atoms with Crippen LogP contribution in [-0.4, -0.2) is 54.8 Å². The molecule has 3 rings (SSSR count). The van der Waals surface area contributed by atoms with Crippen molar-refractivity contribution in [1.82, 2.24) is 34.8 Å². The number of nitrogen functional groups attached to an aromatic ring is 1. The van der Waals surface area contributed by atoms with E-state index in [9.17, 15) is 4.79 Å². The van der Waals surface area contributed by atoms with Crippen LogP contribution < -0.4 is 11.3 Å². The molecule has 0 saturated carbocycles. The van der Waals surface area contributed by atoms with E-state index < -0.39 is 0 Å². The predicted molar refractivity (Wildman–Crippen MR) is 74.6 cm³/mol. The van der Waals surface area contributed by atoms with Crippen molar-refractivity contribution < 1.29 is 4.79 Å². The fourth-order valence-electron chi connectivity index (χ4n) is 1.84. The van der Waals surface area contributed by atoms with Crippen molar-refractivity contribution in [2.24, 2.45) is 5.84 Å². The molecule has 0 aliphatic carbocycles. The van der Waals surface area contributed by atoms with Gasteiger partial charge in [0.1, 0.15) is 0 Å².